The highest BCUT2D eigenvalue weighted by Gasteiger charge is 2.32. The number of piperazine rings is 1. The predicted octanol–water partition coefficient (Wildman–Crippen LogP) is -0.0331. The van der Waals surface area contributed by atoms with E-state index in [1.807, 2.05) is 4.90 Å². The average Bonchev–Trinajstić information content (AvgIpc) is 2.51. The molecule has 0 spiro atoms. The molecule has 1 aliphatic rings. The van der Waals surface area contributed by atoms with Gasteiger partial charge in [-0.25, -0.2) is 4.39 Å². The van der Waals surface area contributed by atoms with Gasteiger partial charge in [0.2, 0.25) is 11.8 Å². The number of rotatable bonds is 6. The van der Waals surface area contributed by atoms with Crippen LogP contribution < -0.4 is 5.32 Å². The number of likely N-dealkylation sites (N-methyl/N-ethyl adjacent to an activating group) is 1. The lowest BCUT2D eigenvalue weighted by atomic mass is 10.1. The molecule has 1 fully saturated rings. The van der Waals surface area contributed by atoms with Crippen LogP contribution in [0.4, 0.5) is 4.39 Å². The quantitative estimate of drug-likeness (QED) is 0.771. The van der Waals surface area contributed by atoms with Gasteiger partial charge in [-0.1, -0.05) is 12.1 Å². The van der Waals surface area contributed by atoms with Gasteiger partial charge in [-0.3, -0.25) is 14.5 Å². The van der Waals surface area contributed by atoms with Crippen molar-refractivity contribution in [3.63, 3.8) is 0 Å². The van der Waals surface area contributed by atoms with Gasteiger partial charge in [-0.15, -0.1) is 0 Å². The lowest BCUT2D eigenvalue weighted by molar-refractivity contribution is -0.138. The van der Waals surface area contributed by atoms with Crippen LogP contribution >= 0.6 is 0 Å². The minimum Gasteiger partial charge on any atom is -0.395 e. The van der Waals surface area contributed by atoms with Crippen LogP contribution in [0.25, 0.3) is 0 Å². The van der Waals surface area contributed by atoms with Gasteiger partial charge in [0.15, 0.2) is 0 Å². The molecule has 7 heteroatoms. The molecule has 23 heavy (non-hydrogen) atoms. The fraction of sp³-hybridized carbons (Fsp3) is 0.500. The first kappa shape index (κ1) is 17.4. The SMILES string of the molecule is CN(CCO)C(=O)CC1C(=O)NCCN1Cc1cccc(F)c1. The minimum atomic E-state index is -0.583. The molecule has 0 aliphatic carbocycles. The molecule has 0 radical (unpaired) electrons. The topological polar surface area (TPSA) is 72.9 Å². The number of carbonyl (C=O) groups excluding carboxylic acids is 2. The van der Waals surface area contributed by atoms with Gasteiger partial charge in [0.1, 0.15) is 5.82 Å². The van der Waals surface area contributed by atoms with E-state index in [2.05, 4.69) is 5.32 Å². The van der Waals surface area contributed by atoms with Crippen molar-refractivity contribution < 1.29 is 19.1 Å². The van der Waals surface area contributed by atoms with Gasteiger partial charge in [0.05, 0.1) is 19.1 Å². The van der Waals surface area contributed by atoms with Crippen molar-refractivity contribution in [2.45, 2.75) is 19.0 Å². The lowest BCUT2D eigenvalue weighted by Gasteiger charge is -2.35. The highest BCUT2D eigenvalue weighted by atomic mass is 19.1. The summed E-state index contributed by atoms with van der Waals surface area (Å²) in [5, 5.41) is 11.7. The maximum Gasteiger partial charge on any atom is 0.237 e. The van der Waals surface area contributed by atoms with Crippen LogP contribution in [0.1, 0.15) is 12.0 Å². The monoisotopic (exact) mass is 323 g/mol. The summed E-state index contributed by atoms with van der Waals surface area (Å²) in [4.78, 5) is 27.6. The molecule has 0 aromatic heterocycles. The van der Waals surface area contributed by atoms with Crippen LogP contribution in [0.3, 0.4) is 0 Å². The summed E-state index contributed by atoms with van der Waals surface area (Å²) in [5.74, 6) is -0.719. The largest absolute Gasteiger partial charge is 0.395 e. The van der Waals surface area contributed by atoms with Gasteiger partial charge in [0.25, 0.3) is 0 Å². The molecule has 6 nitrogen and oxygen atoms in total. The number of amides is 2. The van der Waals surface area contributed by atoms with Gasteiger partial charge >= 0.3 is 0 Å². The van der Waals surface area contributed by atoms with Gasteiger partial charge in [-0.2, -0.15) is 0 Å². The number of aliphatic hydroxyl groups is 1. The molecule has 0 saturated carbocycles. The number of aliphatic hydroxyl groups excluding tert-OH is 1. The molecule has 1 aromatic carbocycles. The first-order valence-electron chi connectivity index (χ1n) is 7.62. The number of nitrogens with one attached hydrogen (secondary N) is 1. The number of benzene rings is 1. The van der Waals surface area contributed by atoms with Crippen molar-refractivity contribution in [3.05, 3.63) is 35.6 Å². The van der Waals surface area contributed by atoms with Crippen LogP contribution in [-0.2, 0) is 16.1 Å². The summed E-state index contributed by atoms with van der Waals surface area (Å²) < 4.78 is 13.3. The summed E-state index contributed by atoms with van der Waals surface area (Å²) in [6.07, 6.45) is 0.0393. The van der Waals surface area contributed by atoms with E-state index in [0.717, 1.165) is 5.56 Å². The Kier molecular flexibility index (Phi) is 6.06. The Bertz CT molecular complexity index is 567. The van der Waals surface area contributed by atoms with E-state index in [9.17, 15) is 14.0 Å². The third-order valence-corrected chi connectivity index (χ3v) is 3.95. The van der Waals surface area contributed by atoms with E-state index >= 15 is 0 Å². The number of halogens is 1. The Hall–Kier alpha value is -1.99. The third-order valence-electron chi connectivity index (χ3n) is 3.95. The van der Waals surface area contributed by atoms with E-state index in [1.54, 1.807) is 19.2 Å². The Morgan fingerprint density at radius 3 is 3.00 bits per heavy atom. The Balaban J connectivity index is 2.06. The maximum atomic E-state index is 13.3. The summed E-state index contributed by atoms with van der Waals surface area (Å²) >= 11 is 0. The highest BCUT2D eigenvalue weighted by molar-refractivity contribution is 5.88. The Morgan fingerprint density at radius 2 is 2.30 bits per heavy atom. The summed E-state index contributed by atoms with van der Waals surface area (Å²) in [6, 6.07) is 5.65. The van der Waals surface area contributed by atoms with Crippen molar-refractivity contribution in [1.29, 1.82) is 0 Å². The average molecular weight is 323 g/mol. The van der Waals surface area contributed by atoms with Crippen LogP contribution in [-0.4, -0.2) is 66.1 Å². The highest BCUT2D eigenvalue weighted by Crippen LogP contribution is 2.15. The van der Waals surface area contributed by atoms with Crippen molar-refractivity contribution >= 4 is 11.8 Å². The molecule has 2 N–H and O–H groups in total. The zero-order chi connectivity index (χ0) is 16.8. The lowest BCUT2D eigenvalue weighted by Crippen LogP contribution is -2.56. The molecule has 1 aliphatic heterocycles. The van der Waals surface area contributed by atoms with Gasteiger partial charge in [-0.05, 0) is 17.7 Å². The van der Waals surface area contributed by atoms with Gasteiger partial charge < -0.3 is 15.3 Å². The molecule has 1 unspecified atom stereocenters. The molecule has 1 heterocycles. The van der Waals surface area contributed by atoms with E-state index in [1.165, 1.54) is 17.0 Å². The molecule has 126 valence electrons. The van der Waals surface area contributed by atoms with Crippen molar-refractivity contribution in [2.75, 3.05) is 33.3 Å². The second kappa shape index (κ2) is 8.03. The zero-order valence-corrected chi connectivity index (χ0v) is 13.2. The summed E-state index contributed by atoms with van der Waals surface area (Å²) in [7, 11) is 1.59. The fourth-order valence-electron chi connectivity index (χ4n) is 2.64. The van der Waals surface area contributed by atoms with Crippen LogP contribution in [0.15, 0.2) is 24.3 Å². The van der Waals surface area contributed by atoms with Crippen LogP contribution in [0.5, 0.6) is 0 Å². The molecule has 1 atom stereocenters. The van der Waals surface area contributed by atoms with E-state index in [4.69, 9.17) is 5.11 Å². The Labute approximate surface area is 134 Å². The van der Waals surface area contributed by atoms with Crippen molar-refractivity contribution in [1.82, 2.24) is 15.1 Å². The number of hydrogen-bond donors (Lipinski definition) is 2. The standard InChI is InChI=1S/C16H22FN3O3/c1-19(7-8-21)15(22)10-14-16(23)18-5-6-20(14)11-12-3-2-4-13(17)9-12/h2-4,9,14,21H,5-8,10-11H2,1H3,(H,18,23). The number of nitrogens with zero attached hydrogens (tertiary/aromatic N) is 2. The minimum absolute atomic E-state index is 0.0393. The first-order valence-corrected chi connectivity index (χ1v) is 7.62. The normalized spacial score (nSPS) is 18.6. The molecular weight excluding hydrogens is 301 g/mol. The van der Waals surface area contributed by atoms with E-state index < -0.39 is 6.04 Å². The molecule has 0 bridgehead atoms. The number of carbonyl (C=O) groups is 2. The predicted molar refractivity (Wildman–Crippen MR) is 82.9 cm³/mol. The molecule has 2 rings (SSSR count). The zero-order valence-electron chi connectivity index (χ0n) is 13.2. The third kappa shape index (κ3) is 4.74. The maximum absolute atomic E-state index is 13.3. The van der Waals surface area contributed by atoms with Crippen LogP contribution in [0.2, 0.25) is 0 Å². The number of hydrogen-bond acceptors (Lipinski definition) is 4. The fourth-order valence-corrected chi connectivity index (χ4v) is 2.64. The summed E-state index contributed by atoms with van der Waals surface area (Å²) in [6.45, 7) is 1.63. The molecule has 2 amide bonds. The van der Waals surface area contributed by atoms with E-state index in [0.29, 0.717) is 19.6 Å². The molecular formula is C16H22FN3O3. The second-order valence-electron chi connectivity index (χ2n) is 5.65. The smallest absolute Gasteiger partial charge is 0.237 e. The molecule has 1 aromatic rings. The van der Waals surface area contributed by atoms with E-state index in [-0.39, 0.29) is 37.2 Å². The summed E-state index contributed by atoms with van der Waals surface area (Å²) in [5.41, 5.74) is 0.765. The van der Waals surface area contributed by atoms with Crippen molar-refractivity contribution in [2.24, 2.45) is 0 Å². The first-order chi connectivity index (χ1) is 11.0. The van der Waals surface area contributed by atoms with Crippen molar-refractivity contribution in [3.8, 4) is 0 Å². The van der Waals surface area contributed by atoms with Crippen LogP contribution in [0, 0.1) is 5.82 Å². The van der Waals surface area contributed by atoms with Gasteiger partial charge in [0, 0.05) is 33.2 Å². The Morgan fingerprint density at radius 1 is 1.52 bits per heavy atom. The second-order valence-corrected chi connectivity index (χ2v) is 5.65. The molecule has 1 saturated heterocycles.